The Morgan fingerprint density at radius 3 is 2.69 bits per heavy atom. The van der Waals surface area contributed by atoms with Crippen molar-refractivity contribution in [3.8, 4) is 11.5 Å². The SMILES string of the molecule is CCN1CC(=Cc2ccc(OC)c(OC(F)F)c2)c2nc3ccccc3c(C(=O)O)c2C1. The van der Waals surface area contributed by atoms with Gasteiger partial charge < -0.3 is 14.6 Å². The minimum absolute atomic E-state index is 0.0714. The second-order valence-corrected chi connectivity index (χ2v) is 7.40. The molecule has 0 atom stereocenters. The number of carboxylic acids is 1. The molecular formula is C24H22F2N2O4. The van der Waals surface area contributed by atoms with Crippen LogP contribution >= 0.6 is 0 Å². The lowest BCUT2D eigenvalue weighted by Gasteiger charge is -2.30. The fourth-order valence-corrected chi connectivity index (χ4v) is 4.02. The van der Waals surface area contributed by atoms with Gasteiger partial charge in [-0.2, -0.15) is 8.78 Å². The largest absolute Gasteiger partial charge is 0.493 e. The van der Waals surface area contributed by atoms with Gasteiger partial charge >= 0.3 is 12.6 Å². The predicted molar refractivity (Wildman–Crippen MR) is 117 cm³/mol. The summed E-state index contributed by atoms with van der Waals surface area (Å²) >= 11 is 0. The van der Waals surface area contributed by atoms with Gasteiger partial charge in [-0.25, -0.2) is 9.78 Å². The molecule has 0 amide bonds. The van der Waals surface area contributed by atoms with E-state index in [4.69, 9.17) is 9.72 Å². The van der Waals surface area contributed by atoms with Gasteiger partial charge in [0, 0.05) is 24.0 Å². The lowest BCUT2D eigenvalue weighted by Crippen LogP contribution is -2.31. The van der Waals surface area contributed by atoms with Crippen molar-refractivity contribution in [2.75, 3.05) is 20.2 Å². The van der Waals surface area contributed by atoms with E-state index < -0.39 is 12.6 Å². The fraction of sp³-hybridized carbons (Fsp3) is 0.250. The monoisotopic (exact) mass is 440 g/mol. The maximum atomic E-state index is 12.8. The summed E-state index contributed by atoms with van der Waals surface area (Å²) < 4.78 is 35.4. The average Bonchev–Trinajstić information content (AvgIpc) is 2.77. The molecule has 1 N–H and O–H groups in total. The van der Waals surface area contributed by atoms with Crippen LogP contribution in [0.3, 0.4) is 0 Å². The van der Waals surface area contributed by atoms with Gasteiger partial charge in [0.1, 0.15) is 0 Å². The molecule has 0 saturated heterocycles. The Balaban J connectivity index is 1.90. The van der Waals surface area contributed by atoms with E-state index >= 15 is 0 Å². The number of methoxy groups -OCH3 is 1. The molecule has 1 aromatic heterocycles. The Bertz CT molecular complexity index is 1210. The van der Waals surface area contributed by atoms with E-state index in [0.717, 1.165) is 5.57 Å². The van der Waals surface area contributed by atoms with Crippen LogP contribution in [0.25, 0.3) is 22.6 Å². The molecule has 8 heteroatoms. The maximum absolute atomic E-state index is 12.8. The third-order valence-electron chi connectivity index (χ3n) is 5.48. The molecule has 32 heavy (non-hydrogen) atoms. The molecular weight excluding hydrogens is 418 g/mol. The first-order valence-electron chi connectivity index (χ1n) is 10.1. The second-order valence-electron chi connectivity index (χ2n) is 7.40. The summed E-state index contributed by atoms with van der Waals surface area (Å²) in [6.07, 6.45) is 1.83. The Hall–Kier alpha value is -3.52. The van der Waals surface area contributed by atoms with Gasteiger partial charge in [-0.1, -0.05) is 31.2 Å². The summed E-state index contributed by atoms with van der Waals surface area (Å²) in [7, 11) is 1.38. The van der Waals surface area contributed by atoms with Gasteiger partial charge in [-0.15, -0.1) is 0 Å². The first kappa shape index (κ1) is 21.7. The molecule has 0 radical (unpaired) electrons. The summed E-state index contributed by atoms with van der Waals surface area (Å²) in [4.78, 5) is 19.1. The number of hydrogen-bond acceptors (Lipinski definition) is 5. The van der Waals surface area contributed by atoms with Gasteiger partial charge in [-0.05, 0) is 42.0 Å². The number of carboxylic acid groups (broad SMARTS) is 1. The van der Waals surface area contributed by atoms with Crippen LogP contribution in [0.1, 0.15) is 34.1 Å². The third kappa shape index (κ3) is 4.13. The minimum Gasteiger partial charge on any atom is -0.493 e. The van der Waals surface area contributed by atoms with Crippen LogP contribution in [0.5, 0.6) is 11.5 Å². The zero-order chi connectivity index (χ0) is 22.8. The molecule has 0 fully saturated rings. The smallest absolute Gasteiger partial charge is 0.387 e. The van der Waals surface area contributed by atoms with Crippen molar-refractivity contribution in [1.29, 1.82) is 0 Å². The van der Waals surface area contributed by atoms with E-state index in [1.54, 1.807) is 30.3 Å². The van der Waals surface area contributed by atoms with Gasteiger partial charge in [0.2, 0.25) is 0 Å². The number of halogens is 2. The number of para-hydroxylation sites is 1. The van der Waals surface area contributed by atoms with E-state index in [2.05, 4.69) is 9.64 Å². The Kier molecular flexibility index (Phi) is 6.05. The number of fused-ring (bicyclic) bond motifs is 2. The van der Waals surface area contributed by atoms with Gasteiger partial charge in [0.05, 0.1) is 23.9 Å². The van der Waals surface area contributed by atoms with Crippen molar-refractivity contribution in [1.82, 2.24) is 9.88 Å². The molecule has 3 aromatic rings. The summed E-state index contributed by atoms with van der Waals surface area (Å²) in [6.45, 7) is 0.740. The third-order valence-corrected chi connectivity index (χ3v) is 5.48. The molecule has 2 heterocycles. The number of aromatic nitrogens is 1. The first-order chi connectivity index (χ1) is 15.4. The number of hydrogen-bond donors (Lipinski definition) is 1. The number of likely N-dealkylation sites (N-methyl/N-ethyl adjacent to an activating group) is 1. The van der Waals surface area contributed by atoms with Gasteiger partial charge in [-0.3, -0.25) is 4.90 Å². The number of ether oxygens (including phenoxy) is 2. The highest BCUT2D eigenvalue weighted by molar-refractivity contribution is 6.06. The zero-order valence-electron chi connectivity index (χ0n) is 17.6. The van der Waals surface area contributed by atoms with Crippen molar-refractivity contribution in [2.24, 2.45) is 0 Å². The van der Waals surface area contributed by atoms with E-state index in [1.165, 1.54) is 13.2 Å². The van der Waals surface area contributed by atoms with Gasteiger partial charge in [0.25, 0.3) is 0 Å². The maximum Gasteiger partial charge on any atom is 0.387 e. The number of pyridine rings is 1. The summed E-state index contributed by atoms with van der Waals surface area (Å²) in [5.74, 6) is -0.879. The van der Waals surface area contributed by atoms with Crippen molar-refractivity contribution in [3.05, 3.63) is 64.8 Å². The number of rotatable bonds is 6. The number of carbonyl (C=O) groups is 1. The van der Waals surface area contributed by atoms with E-state index in [1.807, 2.05) is 19.1 Å². The lowest BCUT2D eigenvalue weighted by atomic mass is 9.92. The number of aromatic carboxylic acids is 1. The van der Waals surface area contributed by atoms with Crippen molar-refractivity contribution < 1.29 is 28.2 Å². The molecule has 1 aliphatic rings. The molecule has 6 nitrogen and oxygen atoms in total. The van der Waals surface area contributed by atoms with Crippen LogP contribution < -0.4 is 9.47 Å². The molecule has 0 unspecified atom stereocenters. The quantitative estimate of drug-likeness (QED) is 0.587. The highest BCUT2D eigenvalue weighted by Crippen LogP contribution is 2.35. The van der Waals surface area contributed by atoms with Gasteiger partial charge in [0.15, 0.2) is 11.5 Å². The number of benzene rings is 2. The summed E-state index contributed by atoms with van der Waals surface area (Å²) in [6, 6.07) is 11.9. The van der Waals surface area contributed by atoms with E-state index in [9.17, 15) is 18.7 Å². The Morgan fingerprint density at radius 1 is 1.22 bits per heavy atom. The number of nitrogens with zero attached hydrogens (tertiary/aromatic N) is 2. The normalized spacial score (nSPS) is 15.2. The summed E-state index contributed by atoms with van der Waals surface area (Å²) in [5, 5.41) is 10.6. The zero-order valence-corrected chi connectivity index (χ0v) is 17.6. The Labute approximate surface area is 183 Å². The molecule has 166 valence electrons. The molecule has 0 bridgehead atoms. The average molecular weight is 440 g/mol. The van der Waals surface area contributed by atoms with Crippen LogP contribution in [0.4, 0.5) is 8.78 Å². The molecule has 0 aliphatic carbocycles. The minimum atomic E-state index is -2.98. The van der Waals surface area contributed by atoms with Crippen molar-refractivity contribution >= 4 is 28.5 Å². The van der Waals surface area contributed by atoms with Crippen LogP contribution in [0, 0.1) is 0 Å². The molecule has 2 aromatic carbocycles. The van der Waals surface area contributed by atoms with Crippen LogP contribution in [0.2, 0.25) is 0 Å². The van der Waals surface area contributed by atoms with E-state index in [-0.39, 0.29) is 17.1 Å². The van der Waals surface area contributed by atoms with Crippen LogP contribution in [0.15, 0.2) is 42.5 Å². The number of alkyl halides is 2. The molecule has 4 rings (SSSR count). The van der Waals surface area contributed by atoms with Crippen LogP contribution in [-0.2, 0) is 6.54 Å². The Morgan fingerprint density at radius 2 is 2.00 bits per heavy atom. The second kappa shape index (κ2) is 8.92. The predicted octanol–water partition coefficient (Wildman–Crippen LogP) is 4.92. The van der Waals surface area contributed by atoms with Crippen molar-refractivity contribution in [2.45, 2.75) is 20.1 Å². The standard InChI is InChI=1S/C24H22F2N2O4/c1-3-28-12-15(10-14-8-9-19(31-2)20(11-14)32-24(25)26)22-17(13-28)21(23(29)30)16-6-4-5-7-18(16)27-22/h4-11,24H,3,12-13H2,1-2H3,(H,29,30). The molecule has 0 spiro atoms. The topological polar surface area (TPSA) is 71.9 Å². The molecule has 1 aliphatic heterocycles. The van der Waals surface area contributed by atoms with E-state index in [0.29, 0.717) is 47.4 Å². The van der Waals surface area contributed by atoms with Crippen molar-refractivity contribution in [3.63, 3.8) is 0 Å². The van der Waals surface area contributed by atoms with Crippen LogP contribution in [-0.4, -0.2) is 47.8 Å². The first-order valence-corrected chi connectivity index (χ1v) is 10.1. The summed E-state index contributed by atoms with van der Waals surface area (Å²) in [5.41, 5.74) is 3.51. The highest BCUT2D eigenvalue weighted by Gasteiger charge is 2.28. The fourth-order valence-electron chi connectivity index (χ4n) is 4.02. The molecule has 0 saturated carbocycles. The highest BCUT2D eigenvalue weighted by atomic mass is 19.3. The lowest BCUT2D eigenvalue weighted by molar-refractivity contribution is -0.0512.